The fourth-order valence-corrected chi connectivity index (χ4v) is 2.70. The Morgan fingerprint density at radius 1 is 1.15 bits per heavy atom. The van der Waals surface area contributed by atoms with E-state index in [1.165, 1.54) is 16.7 Å². The number of nitriles is 1. The smallest absolute Gasteiger partial charge is 0.114 e. The number of pyridine rings is 1. The van der Waals surface area contributed by atoms with Gasteiger partial charge >= 0.3 is 0 Å². The number of aryl methyl sites for hydroxylation is 3. The van der Waals surface area contributed by atoms with Gasteiger partial charge in [-0.25, -0.2) is 0 Å². The highest BCUT2D eigenvalue weighted by molar-refractivity contribution is 5.46. The van der Waals surface area contributed by atoms with Crippen molar-refractivity contribution < 1.29 is 0 Å². The van der Waals surface area contributed by atoms with Gasteiger partial charge in [-0.05, 0) is 42.5 Å². The van der Waals surface area contributed by atoms with Crippen LogP contribution >= 0.6 is 0 Å². The predicted octanol–water partition coefficient (Wildman–Crippen LogP) is 4.17. The summed E-state index contributed by atoms with van der Waals surface area (Å²) >= 11 is 0. The van der Waals surface area contributed by atoms with Crippen molar-refractivity contribution in [2.24, 2.45) is 0 Å². The Kier molecular flexibility index (Phi) is 4.53. The Balaban J connectivity index is 0.000000704. The molecule has 0 saturated heterocycles. The lowest BCUT2D eigenvalue weighted by Gasteiger charge is -2.12. The van der Waals surface area contributed by atoms with Crippen molar-refractivity contribution in [3.8, 4) is 6.07 Å². The van der Waals surface area contributed by atoms with E-state index in [1.807, 2.05) is 19.9 Å². The van der Waals surface area contributed by atoms with Crippen molar-refractivity contribution in [3.63, 3.8) is 0 Å². The molecule has 1 atom stereocenters. The van der Waals surface area contributed by atoms with Gasteiger partial charge in [0.25, 0.3) is 0 Å². The van der Waals surface area contributed by atoms with Gasteiger partial charge in [0.2, 0.25) is 0 Å². The topological polar surface area (TPSA) is 36.7 Å². The third-order valence-electron chi connectivity index (χ3n) is 3.60. The maximum absolute atomic E-state index is 9.49. The second-order valence-electron chi connectivity index (χ2n) is 4.81. The fourth-order valence-electron chi connectivity index (χ4n) is 2.70. The molecule has 1 unspecified atom stereocenters. The number of nitrogens with zero attached hydrogens (tertiary/aromatic N) is 2. The second kappa shape index (κ2) is 6.34. The Bertz CT molecular complexity index is 638. The average Bonchev–Trinajstić information content (AvgIpc) is 2.65. The van der Waals surface area contributed by atoms with Crippen LogP contribution in [0.25, 0.3) is 0 Å². The monoisotopic (exact) mass is 264 g/mol. The number of hydrogen-bond donors (Lipinski definition) is 0. The van der Waals surface area contributed by atoms with Gasteiger partial charge in [-0.1, -0.05) is 43.7 Å². The molecule has 0 saturated carbocycles. The summed E-state index contributed by atoms with van der Waals surface area (Å²) in [5, 5.41) is 9.49. The molecule has 0 bridgehead atoms. The van der Waals surface area contributed by atoms with E-state index >= 15 is 0 Å². The van der Waals surface area contributed by atoms with Gasteiger partial charge in [0.05, 0.1) is 11.8 Å². The molecule has 1 aromatic carbocycles. The van der Waals surface area contributed by atoms with E-state index in [0.29, 0.717) is 0 Å². The molecule has 2 nitrogen and oxygen atoms in total. The van der Waals surface area contributed by atoms with Crippen molar-refractivity contribution in [2.45, 2.75) is 39.5 Å². The van der Waals surface area contributed by atoms with Gasteiger partial charge < -0.3 is 0 Å². The Labute approximate surface area is 121 Å². The summed E-state index contributed by atoms with van der Waals surface area (Å²) in [6, 6.07) is 12.8. The molecule has 102 valence electrons. The first kappa shape index (κ1) is 14.3. The molecule has 0 spiro atoms. The van der Waals surface area contributed by atoms with Crippen LogP contribution in [0.5, 0.6) is 0 Å². The molecule has 1 aliphatic carbocycles. The zero-order valence-electron chi connectivity index (χ0n) is 12.4. The molecule has 20 heavy (non-hydrogen) atoms. The van der Waals surface area contributed by atoms with Crippen LogP contribution in [0.2, 0.25) is 0 Å². The molecule has 0 N–H and O–H groups in total. The van der Waals surface area contributed by atoms with Crippen molar-refractivity contribution in [1.29, 1.82) is 5.26 Å². The number of benzene rings is 1. The van der Waals surface area contributed by atoms with Gasteiger partial charge in [-0.2, -0.15) is 5.26 Å². The maximum atomic E-state index is 9.49. The standard InChI is InChI=1S/C16H14N2.C2H6/c1-11-4-7-14-13(9-11)6-5-12-3-2-8-18-16(12)15(14)10-17;1-2/h2-4,7-9,15H,5-6H2,1H3;1-2H3. The van der Waals surface area contributed by atoms with Gasteiger partial charge in [0.1, 0.15) is 5.92 Å². The lowest BCUT2D eigenvalue weighted by atomic mass is 9.92. The van der Waals surface area contributed by atoms with Crippen molar-refractivity contribution in [3.05, 3.63) is 64.5 Å². The van der Waals surface area contributed by atoms with E-state index in [9.17, 15) is 5.26 Å². The van der Waals surface area contributed by atoms with Crippen LogP contribution in [0.1, 0.15) is 47.7 Å². The van der Waals surface area contributed by atoms with E-state index in [2.05, 4.69) is 42.2 Å². The highest BCUT2D eigenvalue weighted by Crippen LogP contribution is 2.32. The minimum atomic E-state index is -0.223. The van der Waals surface area contributed by atoms with Gasteiger partial charge in [0, 0.05) is 6.20 Å². The van der Waals surface area contributed by atoms with Crippen LogP contribution in [-0.4, -0.2) is 4.98 Å². The summed E-state index contributed by atoms with van der Waals surface area (Å²) in [7, 11) is 0. The molecule has 1 heterocycles. The molecule has 0 fully saturated rings. The maximum Gasteiger partial charge on any atom is 0.114 e. The predicted molar refractivity (Wildman–Crippen MR) is 81.6 cm³/mol. The molecule has 0 radical (unpaired) electrons. The summed E-state index contributed by atoms with van der Waals surface area (Å²) < 4.78 is 0. The molecule has 2 aromatic rings. The highest BCUT2D eigenvalue weighted by atomic mass is 14.7. The second-order valence-corrected chi connectivity index (χ2v) is 4.81. The van der Waals surface area contributed by atoms with Crippen LogP contribution in [-0.2, 0) is 12.8 Å². The lowest BCUT2D eigenvalue weighted by molar-refractivity contribution is 0.935. The van der Waals surface area contributed by atoms with E-state index in [0.717, 1.165) is 24.1 Å². The van der Waals surface area contributed by atoms with Gasteiger partial charge in [-0.15, -0.1) is 0 Å². The summed E-state index contributed by atoms with van der Waals surface area (Å²) in [6.45, 7) is 6.10. The SMILES string of the molecule is CC.Cc1ccc2c(c1)CCc1cccnc1C2C#N. The first-order chi connectivity index (χ1) is 9.79. The minimum Gasteiger partial charge on any atom is -0.259 e. The number of hydrogen-bond acceptors (Lipinski definition) is 2. The summed E-state index contributed by atoms with van der Waals surface area (Å²) in [5.41, 5.74) is 5.81. The van der Waals surface area contributed by atoms with E-state index < -0.39 is 0 Å². The fraction of sp³-hybridized carbons (Fsp3) is 0.333. The average molecular weight is 264 g/mol. The van der Waals surface area contributed by atoms with E-state index in [1.54, 1.807) is 6.20 Å². The van der Waals surface area contributed by atoms with Gasteiger partial charge in [-0.3, -0.25) is 4.98 Å². The molecule has 3 rings (SSSR count). The molecular formula is C18H20N2. The van der Waals surface area contributed by atoms with Crippen LogP contribution in [0, 0.1) is 18.3 Å². The number of fused-ring (bicyclic) bond motifs is 2. The molecule has 0 aliphatic heterocycles. The Hall–Kier alpha value is -2.14. The molecule has 1 aliphatic rings. The third kappa shape index (κ3) is 2.58. The normalized spacial score (nSPS) is 15.8. The quantitative estimate of drug-likeness (QED) is 0.716. The van der Waals surface area contributed by atoms with E-state index in [-0.39, 0.29) is 5.92 Å². The van der Waals surface area contributed by atoms with Crippen LogP contribution < -0.4 is 0 Å². The first-order valence-corrected chi connectivity index (χ1v) is 7.22. The van der Waals surface area contributed by atoms with Crippen LogP contribution in [0.15, 0.2) is 36.5 Å². The third-order valence-corrected chi connectivity index (χ3v) is 3.60. The van der Waals surface area contributed by atoms with Crippen LogP contribution in [0.4, 0.5) is 0 Å². The Morgan fingerprint density at radius 3 is 2.65 bits per heavy atom. The number of aromatic nitrogens is 1. The van der Waals surface area contributed by atoms with E-state index in [4.69, 9.17) is 0 Å². The zero-order chi connectivity index (χ0) is 14.5. The number of rotatable bonds is 0. The van der Waals surface area contributed by atoms with Crippen molar-refractivity contribution in [2.75, 3.05) is 0 Å². The molecule has 2 heteroatoms. The van der Waals surface area contributed by atoms with Gasteiger partial charge in [0.15, 0.2) is 0 Å². The molecular weight excluding hydrogens is 244 g/mol. The van der Waals surface area contributed by atoms with Crippen molar-refractivity contribution in [1.82, 2.24) is 4.98 Å². The summed E-state index contributed by atoms with van der Waals surface area (Å²) in [5.74, 6) is -0.223. The summed E-state index contributed by atoms with van der Waals surface area (Å²) in [6.07, 6.45) is 3.74. The molecule has 1 aromatic heterocycles. The lowest BCUT2D eigenvalue weighted by Crippen LogP contribution is -2.03. The first-order valence-electron chi connectivity index (χ1n) is 7.22. The zero-order valence-corrected chi connectivity index (χ0v) is 12.4. The van der Waals surface area contributed by atoms with Crippen LogP contribution in [0.3, 0.4) is 0 Å². The Morgan fingerprint density at radius 2 is 1.90 bits per heavy atom. The van der Waals surface area contributed by atoms with Crippen molar-refractivity contribution >= 4 is 0 Å². The largest absolute Gasteiger partial charge is 0.259 e. The summed E-state index contributed by atoms with van der Waals surface area (Å²) in [4.78, 5) is 4.43. The minimum absolute atomic E-state index is 0.223. The molecule has 0 amide bonds. The highest BCUT2D eigenvalue weighted by Gasteiger charge is 2.24.